The van der Waals surface area contributed by atoms with Gasteiger partial charge < -0.3 is 19.2 Å². The van der Waals surface area contributed by atoms with Crippen molar-refractivity contribution in [2.75, 3.05) is 23.8 Å². The minimum Gasteiger partial charge on any atom is -0.461 e. The van der Waals surface area contributed by atoms with Gasteiger partial charge in [-0.25, -0.2) is 0 Å². The number of carbonyl (C=O) groups is 3. The van der Waals surface area contributed by atoms with Crippen LogP contribution in [0.1, 0.15) is 60.5 Å². The van der Waals surface area contributed by atoms with Crippen LogP contribution in [0.2, 0.25) is 0 Å². The van der Waals surface area contributed by atoms with Crippen molar-refractivity contribution in [2.45, 2.75) is 53.2 Å². The van der Waals surface area contributed by atoms with Gasteiger partial charge in [0.15, 0.2) is 0 Å². The van der Waals surface area contributed by atoms with Gasteiger partial charge in [-0.3, -0.25) is 24.1 Å². The third-order valence-corrected chi connectivity index (χ3v) is 8.13. The molecule has 0 bridgehead atoms. The molecular weight excluding hydrogens is 532 g/mol. The summed E-state index contributed by atoms with van der Waals surface area (Å²) < 4.78 is 7.32. The molecule has 5 rings (SSSR count). The number of hydrogen-bond acceptors (Lipinski definition) is 6. The van der Waals surface area contributed by atoms with Gasteiger partial charge in [-0.15, -0.1) is 0 Å². The Kier molecular flexibility index (Phi) is 7.88. The maximum atomic E-state index is 13.2. The van der Waals surface area contributed by atoms with Gasteiger partial charge in [-0.2, -0.15) is 0 Å². The zero-order valence-corrected chi connectivity index (χ0v) is 24.6. The van der Waals surface area contributed by atoms with E-state index in [0.29, 0.717) is 53.3 Å². The maximum absolute atomic E-state index is 13.2. The third-order valence-electron chi connectivity index (χ3n) is 8.13. The lowest BCUT2D eigenvalue weighted by Gasteiger charge is -2.33. The van der Waals surface area contributed by atoms with E-state index in [0.717, 1.165) is 23.8 Å². The van der Waals surface area contributed by atoms with Crippen molar-refractivity contribution in [1.29, 1.82) is 0 Å². The lowest BCUT2D eigenvalue weighted by atomic mass is 9.91. The molecule has 0 saturated carbocycles. The smallest absolute Gasteiger partial charge is 0.261 e. The predicted molar refractivity (Wildman–Crippen MR) is 163 cm³/mol. The van der Waals surface area contributed by atoms with Crippen LogP contribution >= 0.6 is 0 Å². The second-order valence-electron chi connectivity index (χ2n) is 11.4. The Morgan fingerprint density at radius 1 is 1.07 bits per heavy atom. The van der Waals surface area contributed by atoms with Gasteiger partial charge in [-0.1, -0.05) is 31.2 Å². The van der Waals surface area contributed by atoms with Crippen LogP contribution in [0.4, 0.5) is 11.4 Å². The lowest BCUT2D eigenvalue weighted by molar-refractivity contribution is -0.136. The summed E-state index contributed by atoms with van der Waals surface area (Å²) in [5.41, 5.74) is 3.03. The molecule has 2 amide bonds. The van der Waals surface area contributed by atoms with Crippen molar-refractivity contribution in [3.8, 4) is 0 Å². The molecule has 3 heterocycles. The molecule has 1 atom stereocenters. The number of aryl methyl sites for hydroxylation is 1. The highest BCUT2D eigenvalue weighted by molar-refractivity contribution is 6.19. The fourth-order valence-electron chi connectivity index (χ4n) is 5.71. The van der Waals surface area contributed by atoms with Crippen molar-refractivity contribution in [3.63, 3.8) is 0 Å². The number of benzene rings is 2. The zero-order chi connectivity index (χ0) is 30.2. The van der Waals surface area contributed by atoms with Crippen LogP contribution in [-0.2, 0) is 22.7 Å². The van der Waals surface area contributed by atoms with Gasteiger partial charge in [0.2, 0.25) is 11.8 Å². The molecule has 2 aromatic carbocycles. The van der Waals surface area contributed by atoms with Crippen molar-refractivity contribution in [1.82, 2.24) is 9.47 Å². The number of aromatic nitrogens is 1. The summed E-state index contributed by atoms with van der Waals surface area (Å²) in [7, 11) is 1.69. The van der Waals surface area contributed by atoms with Crippen molar-refractivity contribution < 1.29 is 18.8 Å². The first-order valence-corrected chi connectivity index (χ1v) is 14.1. The highest BCUT2D eigenvalue weighted by Gasteiger charge is 2.42. The molecule has 0 aliphatic carbocycles. The first kappa shape index (κ1) is 29.0. The summed E-state index contributed by atoms with van der Waals surface area (Å²) in [6.07, 6.45) is 3.34. The predicted octanol–water partition coefficient (Wildman–Crippen LogP) is 5.31. The Hall–Kier alpha value is -4.50. The molecule has 0 radical (unpaired) electrons. The molecule has 0 spiro atoms. The van der Waals surface area contributed by atoms with Gasteiger partial charge in [0, 0.05) is 44.5 Å². The van der Waals surface area contributed by atoms with Crippen molar-refractivity contribution in [3.05, 3.63) is 93.6 Å². The Morgan fingerprint density at radius 3 is 2.60 bits per heavy atom. The first-order valence-electron chi connectivity index (χ1n) is 14.1. The van der Waals surface area contributed by atoms with Crippen LogP contribution < -0.4 is 15.8 Å². The molecule has 4 aromatic rings. The highest BCUT2D eigenvalue weighted by Crippen LogP contribution is 2.38. The largest absolute Gasteiger partial charge is 0.461 e. The van der Waals surface area contributed by atoms with Gasteiger partial charge in [-0.05, 0) is 68.7 Å². The number of amides is 2. The first-order chi connectivity index (χ1) is 20.0. The van der Waals surface area contributed by atoms with Crippen molar-refractivity contribution >= 4 is 40.4 Å². The second-order valence-corrected chi connectivity index (χ2v) is 11.4. The molecule has 1 N–H and O–H groups in total. The molecular formula is C33H36N4O5. The number of fused-ring (bicyclic) bond motifs is 2. The molecule has 9 nitrogen and oxygen atoms in total. The van der Waals surface area contributed by atoms with E-state index < -0.39 is 5.41 Å². The molecule has 1 aliphatic rings. The Bertz CT molecular complexity index is 1730. The van der Waals surface area contributed by atoms with E-state index in [1.165, 1.54) is 0 Å². The number of furan rings is 1. The Morgan fingerprint density at radius 2 is 1.86 bits per heavy atom. The minimum absolute atomic E-state index is 0.0822. The van der Waals surface area contributed by atoms with E-state index in [2.05, 4.69) is 17.1 Å². The molecule has 0 fully saturated rings. The summed E-state index contributed by atoms with van der Waals surface area (Å²) >= 11 is 0. The zero-order valence-electron chi connectivity index (χ0n) is 24.6. The topological polar surface area (TPSA) is 105 Å². The molecule has 0 saturated heterocycles. The summed E-state index contributed by atoms with van der Waals surface area (Å²) in [5.74, 6) is 0.0642. The van der Waals surface area contributed by atoms with Crippen LogP contribution in [-0.4, -0.2) is 41.2 Å². The lowest BCUT2D eigenvalue weighted by Crippen LogP contribution is -2.43. The SMILES string of the molecule is CCC(c1ccc2c(c1)N(C)C(=O)C(C)(C)C(=O)N2)N(CCn1ccc2oc(C)cc2c1=O)Cc1cccc(C=O)c1. The maximum Gasteiger partial charge on any atom is 0.261 e. The van der Waals surface area contributed by atoms with Crippen LogP contribution in [0.25, 0.3) is 11.0 Å². The molecule has 2 aromatic heterocycles. The monoisotopic (exact) mass is 568 g/mol. The van der Waals surface area contributed by atoms with E-state index in [-0.39, 0.29) is 23.4 Å². The Balaban J connectivity index is 1.51. The number of nitrogens with zero attached hydrogens (tertiary/aromatic N) is 3. The number of carbonyl (C=O) groups excluding carboxylic acids is 3. The third kappa shape index (κ3) is 5.39. The van der Waals surface area contributed by atoms with E-state index >= 15 is 0 Å². The second kappa shape index (κ2) is 11.4. The number of anilines is 2. The summed E-state index contributed by atoms with van der Waals surface area (Å²) in [6, 6.07) is 16.8. The molecule has 218 valence electrons. The number of aldehydes is 1. The van der Waals surface area contributed by atoms with Gasteiger partial charge in [0.05, 0.1) is 16.8 Å². The van der Waals surface area contributed by atoms with E-state index in [4.69, 9.17) is 4.42 Å². The van der Waals surface area contributed by atoms with Crippen LogP contribution in [0.15, 0.2) is 70.0 Å². The summed E-state index contributed by atoms with van der Waals surface area (Å²) in [6.45, 7) is 8.69. The average molecular weight is 569 g/mol. The van der Waals surface area contributed by atoms with E-state index in [1.807, 2.05) is 49.4 Å². The quantitative estimate of drug-likeness (QED) is 0.217. The summed E-state index contributed by atoms with van der Waals surface area (Å²) in [5, 5.41) is 3.47. The van der Waals surface area contributed by atoms with Crippen LogP contribution in [0.5, 0.6) is 0 Å². The normalized spacial score (nSPS) is 15.4. The van der Waals surface area contributed by atoms with Gasteiger partial charge >= 0.3 is 0 Å². The van der Waals surface area contributed by atoms with Crippen molar-refractivity contribution in [2.24, 2.45) is 5.41 Å². The summed E-state index contributed by atoms with van der Waals surface area (Å²) in [4.78, 5) is 54.5. The fourth-order valence-corrected chi connectivity index (χ4v) is 5.71. The fraction of sp³-hybridized carbons (Fsp3) is 0.333. The van der Waals surface area contributed by atoms with Crippen LogP contribution in [0.3, 0.4) is 0 Å². The average Bonchev–Trinajstić information content (AvgIpc) is 3.35. The van der Waals surface area contributed by atoms with E-state index in [9.17, 15) is 19.2 Å². The molecule has 9 heteroatoms. The molecule has 1 unspecified atom stereocenters. The minimum atomic E-state index is -1.20. The van der Waals surface area contributed by atoms with Gasteiger partial charge in [0.1, 0.15) is 23.0 Å². The van der Waals surface area contributed by atoms with Crippen LogP contribution in [0, 0.1) is 12.3 Å². The number of hydrogen-bond donors (Lipinski definition) is 1. The van der Waals surface area contributed by atoms with E-state index in [1.54, 1.807) is 48.7 Å². The number of pyridine rings is 1. The molecule has 1 aliphatic heterocycles. The Labute approximate surface area is 244 Å². The highest BCUT2D eigenvalue weighted by atomic mass is 16.3. The number of nitrogens with one attached hydrogen (secondary N) is 1. The van der Waals surface area contributed by atoms with Gasteiger partial charge in [0.25, 0.3) is 5.56 Å². The number of rotatable bonds is 9. The standard InChI is InChI=1S/C33H36N4O5/c1-6-27(24-10-11-26-28(18-24)35(5)32(41)33(3,4)31(40)34-26)37(19-22-8-7-9-23(17-22)20-38)15-14-36-13-12-29-25(30(36)39)16-21(2)42-29/h7-13,16-18,20,27H,6,14-15,19H2,1-5H3,(H,34,40). The molecule has 42 heavy (non-hydrogen) atoms.